The number of nitrogens with zero attached hydrogens (tertiary/aromatic N) is 2. The van der Waals surface area contributed by atoms with Crippen molar-refractivity contribution in [3.8, 4) is 17.2 Å². The SMILES string of the molecule is CCOc1ccc(C(=O)N/C=C2\CSC\C2=N\N(C)c2ccc(OC)cc2)cc1OCC. The topological polar surface area (TPSA) is 72.4 Å². The van der Waals surface area contributed by atoms with Crippen LogP contribution in [0.1, 0.15) is 24.2 Å². The maximum absolute atomic E-state index is 12.7. The van der Waals surface area contributed by atoms with Crippen molar-refractivity contribution in [2.45, 2.75) is 13.8 Å². The maximum Gasteiger partial charge on any atom is 0.255 e. The molecule has 1 aliphatic heterocycles. The van der Waals surface area contributed by atoms with E-state index in [0.717, 1.165) is 34.2 Å². The van der Waals surface area contributed by atoms with E-state index >= 15 is 0 Å². The minimum Gasteiger partial charge on any atom is -0.497 e. The normalized spacial score (nSPS) is 15.6. The zero-order chi connectivity index (χ0) is 22.9. The number of ether oxygens (including phenoxy) is 3. The summed E-state index contributed by atoms with van der Waals surface area (Å²) in [7, 11) is 3.55. The molecule has 0 aromatic heterocycles. The number of amides is 1. The predicted octanol–water partition coefficient (Wildman–Crippen LogP) is 4.35. The molecule has 0 radical (unpaired) electrons. The fourth-order valence-electron chi connectivity index (χ4n) is 3.12. The van der Waals surface area contributed by atoms with Gasteiger partial charge in [-0.1, -0.05) is 0 Å². The van der Waals surface area contributed by atoms with Crippen LogP contribution in [-0.2, 0) is 0 Å². The number of carbonyl (C=O) groups is 1. The molecular formula is C24H29N3O4S. The standard InChI is InChI=1S/C24H29N3O4S/c1-5-30-22-12-7-17(13-23(22)31-6-2)24(28)25-14-18-15-32-16-21(18)26-27(3)19-8-10-20(29-4)11-9-19/h7-14H,5-6,15-16H2,1-4H3,(H,25,28)/b18-14+,26-21-. The van der Waals surface area contributed by atoms with E-state index in [-0.39, 0.29) is 5.91 Å². The number of methoxy groups -OCH3 is 1. The third kappa shape index (κ3) is 5.97. The molecule has 8 heteroatoms. The summed E-state index contributed by atoms with van der Waals surface area (Å²) in [6, 6.07) is 12.9. The first kappa shape index (κ1) is 23.5. The lowest BCUT2D eigenvalue weighted by molar-refractivity contribution is 0.0969. The van der Waals surface area contributed by atoms with E-state index in [1.54, 1.807) is 43.3 Å². The summed E-state index contributed by atoms with van der Waals surface area (Å²) in [5.74, 6) is 3.38. The number of hydrogen-bond acceptors (Lipinski definition) is 7. The smallest absolute Gasteiger partial charge is 0.255 e. The average molecular weight is 456 g/mol. The van der Waals surface area contributed by atoms with Crippen molar-refractivity contribution >= 4 is 29.1 Å². The van der Waals surface area contributed by atoms with E-state index in [9.17, 15) is 4.79 Å². The lowest BCUT2D eigenvalue weighted by Crippen LogP contribution is -2.20. The molecule has 0 atom stereocenters. The molecule has 1 amide bonds. The Bertz CT molecular complexity index is 989. The van der Waals surface area contributed by atoms with Crippen LogP contribution >= 0.6 is 11.8 Å². The monoisotopic (exact) mass is 455 g/mol. The highest BCUT2D eigenvalue weighted by Crippen LogP contribution is 2.29. The Labute approximate surface area is 193 Å². The fraction of sp³-hybridized carbons (Fsp3) is 0.333. The Kier molecular flexibility index (Phi) is 8.44. The summed E-state index contributed by atoms with van der Waals surface area (Å²) in [5, 5.41) is 9.46. The highest BCUT2D eigenvalue weighted by molar-refractivity contribution is 8.00. The zero-order valence-electron chi connectivity index (χ0n) is 18.9. The largest absolute Gasteiger partial charge is 0.497 e. The van der Waals surface area contributed by atoms with Gasteiger partial charge in [0, 0.05) is 35.9 Å². The van der Waals surface area contributed by atoms with Crippen molar-refractivity contribution in [1.82, 2.24) is 5.32 Å². The van der Waals surface area contributed by atoms with Gasteiger partial charge in [-0.15, -0.1) is 0 Å². The predicted molar refractivity (Wildman–Crippen MR) is 130 cm³/mol. The first-order chi connectivity index (χ1) is 15.5. The van der Waals surface area contributed by atoms with Gasteiger partial charge in [0.1, 0.15) is 5.75 Å². The van der Waals surface area contributed by atoms with Crippen molar-refractivity contribution in [2.75, 3.05) is 43.9 Å². The Morgan fingerprint density at radius 3 is 2.50 bits per heavy atom. The van der Waals surface area contributed by atoms with Crippen molar-refractivity contribution in [3.05, 3.63) is 59.8 Å². The van der Waals surface area contributed by atoms with Crippen LogP contribution in [0.3, 0.4) is 0 Å². The first-order valence-corrected chi connectivity index (χ1v) is 11.6. The Morgan fingerprint density at radius 1 is 1.09 bits per heavy atom. The summed E-state index contributed by atoms with van der Waals surface area (Å²) in [5.41, 5.74) is 3.40. The molecule has 1 saturated heterocycles. The van der Waals surface area contributed by atoms with Crippen LogP contribution in [0, 0.1) is 0 Å². The maximum atomic E-state index is 12.7. The van der Waals surface area contributed by atoms with E-state index < -0.39 is 0 Å². The van der Waals surface area contributed by atoms with Gasteiger partial charge in [0.2, 0.25) is 0 Å². The minimum absolute atomic E-state index is 0.207. The summed E-state index contributed by atoms with van der Waals surface area (Å²) >= 11 is 1.76. The molecule has 170 valence electrons. The molecule has 1 fully saturated rings. The van der Waals surface area contributed by atoms with E-state index in [1.807, 2.05) is 50.2 Å². The van der Waals surface area contributed by atoms with Crippen molar-refractivity contribution < 1.29 is 19.0 Å². The van der Waals surface area contributed by atoms with Crippen LogP contribution in [0.25, 0.3) is 0 Å². The van der Waals surface area contributed by atoms with Gasteiger partial charge in [0.25, 0.3) is 5.91 Å². The van der Waals surface area contributed by atoms with Gasteiger partial charge in [0.05, 0.1) is 31.7 Å². The zero-order valence-corrected chi connectivity index (χ0v) is 19.7. The Morgan fingerprint density at radius 2 is 1.81 bits per heavy atom. The molecule has 0 unspecified atom stereocenters. The van der Waals surface area contributed by atoms with Crippen molar-refractivity contribution in [2.24, 2.45) is 5.10 Å². The second kappa shape index (κ2) is 11.5. The van der Waals surface area contributed by atoms with Crippen LogP contribution in [0.15, 0.2) is 59.3 Å². The minimum atomic E-state index is -0.207. The molecule has 7 nitrogen and oxygen atoms in total. The van der Waals surface area contributed by atoms with Crippen LogP contribution in [0.2, 0.25) is 0 Å². The number of thioether (sulfide) groups is 1. The lowest BCUT2D eigenvalue weighted by Gasteiger charge is -2.15. The van der Waals surface area contributed by atoms with Gasteiger partial charge in [-0.25, -0.2) is 0 Å². The molecule has 0 spiro atoms. The van der Waals surface area contributed by atoms with Gasteiger partial charge >= 0.3 is 0 Å². The first-order valence-electron chi connectivity index (χ1n) is 10.5. The molecule has 2 aromatic carbocycles. The summed E-state index contributed by atoms with van der Waals surface area (Å²) in [4.78, 5) is 12.7. The number of hydrogen-bond donors (Lipinski definition) is 1. The highest BCUT2D eigenvalue weighted by atomic mass is 32.2. The van der Waals surface area contributed by atoms with E-state index in [4.69, 9.17) is 19.3 Å². The molecule has 0 aliphatic carbocycles. The van der Waals surface area contributed by atoms with E-state index in [0.29, 0.717) is 30.3 Å². The molecule has 0 bridgehead atoms. The average Bonchev–Trinajstić information content (AvgIpc) is 3.25. The lowest BCUT2D eigenvalue weighted by atomic mass is 10.2. The third-order valence-electron chi connectivity index (χ3n) is 4.77. The molecule has 1 heterocycles. The van der Waals surface area contributed by atoms with Gasteiger partial charge in [-0.05, 0) is 56.3 Å². The number of rotatable bonds is 9. The third-order valence-corrected chi connectivity index (χ3v) is 5.76. The van der Waals surface area contributed by atoms with Crippen LogP contribution in [0.4, 0.5) is 5.69 Å². The van der Waals surface area contributed by atoms with Crippen molar-refractivity contribution in [3.63, 3.8) is 0 Å². The quantitative estimate of drug-likeness (QED) is 0.567. The molecule has 3 rings (SSSR count). The number of hydrazone groups is 1. The Balaban J connectivity index is 1.71. The second-order valence-corrected chi connectivity index (χ2v) is 7.92. The second-order valence-electron chi connectivity index (χ2n) is 6.93. The molecule has 1 aliphatic rings. The Hall–Kier alpha value is -3.13. The van der Waals surface area contributed by atoms with E-state index in [2.05, 4.69) is 5.32 Å². The fourth-order valence-corrected chi connectivity index (χ4v) is 4.13. The van der Waals surface area contributed by atoms with Gasteiger partial charge < -0.3 is 19.5 Å². The molecule has 2 aromatic rings. The van der Waals surface area contributed by atoms with Crippen molar-refractivity contribution in [1.29, 1.82) is 0 Å². The molecule has 32 heavy (non-hydrogen) atoms. The van der Waals surface area contributed by atoms with Crippen LogP contribution in [0.5, 0.6) is 17.2 Å². The van der Waals surface area contributed by atoms with Gasteiger partial charge in [0.15, 0.2) is 11.5 Å². The van der Waals surface area contributed by atoms with Crippen LogP contribution < -0.4 is 24.5 Å². The summed E-state index contributed by atoms with van der Waals surface area (Å²) < 4.78 is 16.4. The summed E-state index contributed by atoms with van der Waals surface area (Å²) in [6.07, 6.45) is 1.75. The summed E-state index contributed by atoms with van der Waals surface area (Å²) in [6.45, 7) is 4.83. The van der Waals surface area contributed by atoms with Crippen LogP contribution in [-0.4, -0.2) is 50.5 Å². The molecule has 1 N–H and O–H groups in total. The molecular weight excluding hydrogens is 426 g/mol. The van der Waals surface area contributed by atoms with E-state index in [1.165, 1.54) is 0 Å². The number of benzene rings is 2. The van der Waals surface area contributed by atoms with Gasteiger partial charge in [-0.2, -0.15) is 16.9 Å². The number of carbonyl (C=O) groups excluding carboxylic acids is 1. The number of nitrogens with one attached hydrogen (secondary N) is 1. The highest BCUT2D eigenvalue weighted by Gasteiger charge is 2.18. The number of anilines is 1. The van der Waals surface area contributed by atoms with Gasteiger partial charge in [-0.3, -0.25) is 9.80 Å². The molecule has 0 saturated carbocycles.